The fourth-order valence-electron chi connectivity index (χ4n) is 5.82. The summed E-state index contributed by atoms with van der Waals surface area (Å²) in [4.78, 5) is 0. The molecule has 3 aliphatic carbocycles. The summed E-state index contributed by atoms with van der Waals surface area (Å²) < 4.78 is 29.2. The first kappa shape index (κ1) is 21.1. The van der Waals surface area contributed by atoms with E-state index in [1.807, 2.05) is 0 Å². The molecule has 2 fully saturated rings. The monoisotopic (exact) mass is 378 g/mol. The van der Waals surface area contributed by atoms with Crippen LogP contribution in [0.1, 0.15) is 96.8 Å². The second kappa shape index (κ2) is 10.2. The van der Waals surface area contributed by atoms with Crippen molar-refractivity contribution in [1.82, 2.24) is 0 Å². The largest absolute Gasteiger partial charge is 0.239 e. The lowest BCUT2D eigenvalue weighted by atomic mass is 9.70. The third kappa shape index (κ3) is 5.67. The minimum Gasteiger partial charge on any atom is -0.239 e. The SMILES string of the molecule is CCCCCC1CCC(CCC2CCC(C3(F)C=CC=CC3F)CC2)CC1. The molecule has 0 aliphatic heterocycles. The highest BCUT2D eigenvalue weighted by Crippen LogP contribution is 2.44. The molecule has 0 aromatic carbocycles. The average Bonchev–Trinajstić information content (AvgIpc) is 2.70. The van der Waals surface area contributed by atoms with Gasteiger partial charge in [-0.05, 0) is 48.7 Å². The van der Waals surface area contributed by atoms with Crippen molar-refractivity contribution in [3.8, 4) is 0 Å². The van der Waals surface area contributed by atoms with Crippen molar-refractivity contribution in [3.05, 3.63) is 24.3 Å². The molecule has 2 atom stereocenters. The van der Waals surface area contributed by atoms with Crippen molar-refractivity contribution in [1.29, 1.82) is 0 Å². The number of hydrogen-bond acceptors (Lipinski definition) is 0. The van der Waals surface area contributed by atoms with Crippen LogP contribution >= 0.6 is 0 Å². The lowest BCUT2D eigenvalue weighted by molar-refractivity contribution is 0.0310. The summed E-state index contributed by atoms with van der Waals surface area (Å²) in [6.45, 7) is 2.29. The molecule has 0 radical (unpaired) electrons. The van der Waals surface area contributed by atoms with Crippen LogP contribution < -0.4 is 0 Å². The molecule has 27 heavy (non-hydrogen) atoms. The van der Waals surface area contributed by atoms with Crippen molar-refractivity contribution in [2.24, 2.45) is 23.7 Å². The number of hydrogen-bond donors (Lipinski definition) is 0. The number of alkyl halides is 2. The van der Waals surface area contributed by atoms with Gasteiger partial charge in [0.15, 0.2) is 11.8 Å². The highest BCUT2D eigenvalue weighted by molar-refractivity contribution is 5.24. The lowest BCUT2D eigenvalue weighted by Crippen LogP contribution is -2.42. The molecule has 0 saturated heterocycles. The fraction of sp³-hybridized carbons (Fsp3) is 0.840. The van der Waals surface area contributed by atoms with Gasteiger partial charge in [-0.15, -0.1) is 0 Å². The van der Waals surface area contributed by atoms with Crippen molar-refractivity contribution >= 4 is 0 Å². The van der Waals surface area contributed by atoms with E-state index in [1.165, 1.54) is 76.4 Å². The van der Waals surface area contributed by atoms with E-state index in [0.29, 0.717) is 0 Å². The van der Waals surface area contributed by atoms with Crippen LogP contribution in [0.3, 0.4) is 0 Å². The van der Waals surface area contributed by atoms with Crippen LogP contribution in [0.25, 0.3) is 0 Å². The zero-order valence-electron chi connectivity index (χ0n) is 17.4. The van der Waals surface area contributed by atoms with E-state index in [4.69, 9.17) is 0 Å². The van der Waals surface area contributed by atoms with Crippen LogP contribution in [-0.2, 0) is 0 Å². The third-order valence-corrected chi connectivity index (χ3v) is 7.80. The van der Waals surface area contributed by atoms with E-state index in [-0.39, 0.29) is 5.92 Å². The van der Waals surface area contributed by atoms with Gasteiger partial charge in [0.1, 0.15) is 0 Å². The molecule has 2 saturated carbocycles. The molecule has 0 N–H and O–H groups in total. The van der Waals surface area contributed by atoms with Gasteiger partial charge in [-0.2, -0.15) is 0 Å². The summed E-state index contributed by atoms with van der Waals surface area (Å²) in [5.41, 5.74) is -1.75. The van der Waals surface area contributed by atoms with E-state index in [0.717, 1.165) is 43.4 Å². The molecule has 0 bridgehead atoms. The maximum atomic E-state index is 15.1. The van der Waals surface area contributed by atoms with Gasteiger partial charge in [0.25, 0.3) is 0 Å². The molecule has 0 spiro atoms. The third-order valence-electron chi connectivity index (χ3n) is 7.80. The first-order valence-electron chi connectivity index (χ1n) is 11.8. The van der Waals surface area contributed by atoms with Crippen molar-refractivity contribution in [3.63, 3.8) is 0 Å². The Bertz CT molecular complexity index is 481. The summed E-state index contributed by atoms with van der Waals surface area (Å²) >= 11 is 0. The van der Waals surface area contributed by atoms with Crippen LogP contribution in [0.4, 0.5) is 8.78 Å². The minimum atomic E-state index is -1.75. The molecule has 2 unspecified atom stereocenters. The zero-order valence-corrected chi connectivity index (χ0v) is 17.4. The van der Waals surface area contributed by atoms with Gasteiger partial charge in [0.05, 0.1) is 0 Å². The number of unbranched alkanes of at least 4 members (excludes halogenated alkanes) is 2. The van der Waals surface area contributed by atoms with Gasteiger partial charge in [-0.3, -0.25) is 0 Å². The zero-order chi connectivity index (χ0) is 19.1. The molecule has 154 valence electrons. The normalized spacial score (nSPS) is 39.6. The second-order valence-electron chi connectivity index (χ2n) is 9.65. The fourth-order valence-corrected chi connectivity index (χ4v) is 5.82. The summed E-state index contributed by atoms with van der Waals surface area (Å²) in [6, 6.07) is 0. The highest BCUT2D eigenvalue weighted by atomic mass is 19.2. The van der Waals surface area contributed by atoms with Gasteiger partial charge in [-0.25, -0.2) is 8.78 Å². The van der Waals surface area contributed by atoms with Crippen LogP contribution in [0, 0.1) is 23.7 Å². The molecule has 0 aromatic heterocycles. The molecular weight excluding hydrogens is 338 g/mol. The van der Waals surface area contributed by atoms with E-state index in [2.05, 4.69) is 6.92 Å². The number of allylic oxidation sites excluding steroid dienone is 4. The maximum absolute atomic E-state index is 15.1. The van der Waals surface area contributed by atoms with Gasteiger partial charge in [0.2, 0.25) is 0 Å². The highest BCUT2D eigenvalue weighted by Gasteiger charge is 2.45. The molecule has 3 aliphatic rings. The molecule has 3 rings (SSSR count). The van der Waals surface area contributed by atoms with Gasteiger partial charge >= 0.3 is 0 Å². The molecule has 2 heteroatoms. The summed E-state index contributed by atoms with van der Waals surface area (Å²) in [5, 5.41) is 0. The lowest BCUT2D eigenvalue weighted by Gasteiger charge is -2.39. The quantitative estimate of drug-likeness (QED) is 0.374. The standard InChI is InChI=1S/C25H40F2/c1-2-3-4-7-20-9-11-21(12-10-20)13-14-22-15-17-23(18-16-22)25(27)19-6-5-8-24(25)26/h5-6,8,19-24H,2-4,7,9-18H2,1H3. The summed E-state index contributed by atoms with van der Waals surface area (Å²) in [7, 11) is 0. The molecular formula is C25H40F2. The van der Waals surface area contributed by atoms with E-state index in [9.17, 15) is 4.39 Å². The minimum absolute atomic E-state index is 0.136. The summed E-state index contributed by atoms with van der Waals surface area (Å²) in [6.07, 6.45) is 22.6. The Hall–Kier alpha value is -0.660. The topological polar surface area (TPSA) is 0 Å². The predicted octanol–water partition coefficient (Wildman–Crippen LogP) is 8.13. The van der Waals surface area contributed by atoms with Crippen LogP contribution in [0.15, 0.2) is 24.3 Å². The Labute approximate surface area is 165 Å². The Morgan fingerprint density at radius 1 is 0.778 bits per heavy atom. The van der Waals surface area contributed by atoms with Crippen molar-refractivity contribution < 1.29 is 8.78 Å². The van der Waals surface area contributed by atoms with Gasteiger partial charge in [0, 0.05) is 0 Å². The second-order valence-corrected chi connectivity index (χ2v) is 9.65. The Kier molecular flexibility index (Phi) is 7.97. The van der Waals surface area contributed by atoms with Gasteiger partial charge < -0.3 is 0 Å². The van der Waals surface area contributed by atoms with Crippen LogP contribution in [-0.4, -0.2) is 11.8 Å². The molecule has 0 amide bonds. The first-order valence-corrected chi connectivity index (χ1v) is 11.8. The first-order chi connectivity index (χ1) is 13.1. The molecule has 0 aromatic rings. The number of rotatable bonds is 8. The molecule has 0 heterocycles. The predicted molar refractivity (Wildman–Crippen MR) is 111 cm³/mol. The van der Waals surface area contributed by atoms with Gasteiger partial charge in [-0.1, -0.05) is 96.1 Å². The Balaban J connectivity index is 1.32. The van der Waals surface area contributed by atoms with Crippen LogP contribution in [0.2, 0.25) is 0 Å². The summed E-state index contributed by atoms with van der Waals surface area (Å²) in [5.74, 6) is 2.53. The average molecular weight is 379 g/mol. The van der Waals surface area contributed by atoms with E-state index in [1.54, 1.807) is 12.2 Å². The Morgan fingerprint density at radius 2 is 1.33 bits per heavy atom. The Morgan fingerprint density at radius 3 is 1.89 bits per heavy atom. The van der Waals surface area contributed by atoms with Crippen molar-refractivity contribution in [2.45, 2.75) is 109 Å². The number of halogens is 2. The van der Waals surface area contributed by atoms with E-state index < -0.39 is 11.8 Å². The smallest absolute Gasteiger partial charge is 0.166 e. The molecule has 0 nitrogen and oxygen atoms in total. The van der Waals surface area contributed by atoms with Crippen molar-refractivity contribution in [2.75, 3.05) is 0 Å². The van der Waals surface area contributed by atoms with Crippen LogP contribution in [0.5, 0.6) is 0 Å². The maximum Gasteiger partial charge on any atom is 0.166 e. The van der Waals surface area contributed by atoms with E-state index >= 15 is 4.39 Å².